The van der Waals surface area contributed by atoms with Gasteiger partial charge in [-0.2, -0.15) is 0 Å². The first-order chi connectivity index (χ1) is 13.3. The van der Waals surface area contributed by atoms with Crippen LogP contribution in [-0.2, 0) is 11.8 Å². The smallest absolute Gasteiger partial charge is 0.339 e. The standard InChI is InChI=1S/C22H27N3O3/c1-22(2,3)21-23-13-16-17(24-21)12-14-8-9-18(16)25(14)10-11-28-19-7-5-4-6-15(19)20(26)27/h4-7,13-14,18H,8-12H2,1-3H3,(H,26,27). The molecule has 6 nitrogen and oxygen atoms in total. The van der Waals surface area contributed by atoms with Gasteiger partial charge in [0.1, 0.15) is 23.7 Å². The highest BCUT2D eigenvalue weighted by Gasteiger charge is 2.41. The lowest BCUT2D eigenvalue weighted by molar-refractivity contribution is 0.0690. The van der Waals surface area contributed by atoms with Crippen molar-refractivity contribution in [2.24, 2.45) is 0 Å². The van der Waals surface area contributed by atoms with Crippen LogP contribution in [0.4, 0.5) is 0 Å². The summed E-state index contributed by atoms with van der Waals surface area (Å²) in [6, 6.07) is 7.60. The molecule has 1 aromatic heterocycles. The Morgan fingerprint density at radius 1 is 1.29 bits per heavy atom. The third-order valence-electron chi connectivity index (χ3n) is 5.73. The maximum absolute atomic E-state index is 11.3. The molecule has 2 atom stereocenters. The van der Waals surface area contributed by atoms with Gasteiger partial charge in [0.2, 0.25) is 0 Å². The number of aromatic carboxylic acids is 1. The molecule has 1 N–H and O–H groups in total. The van der Waals surface area contributed by atoms with Crippen LogP contribution in [0.2, 0.25) is 0 Å². The van der Waals surface area contributed by atoms with E-state index in [-0.39, 0.29) is 11.0 Å². The van der Waals surface area contributed by atoms with E-state index in [0.717, 1.165) is 31.6 Å². The number of fused-ring (bicyclic) bond motifs is 4. The molecule has 2 bridgehead atoms. The van der Waals surface area contributed by atoms with Gasteiger partial charge in [0, 0.05) is 42.2 Å². The fraction of sp³-hybridized carbons (Fsp3) is 0.500. The lowest BCUT2D eigenvalue weighted by atomic mass is 9.93. The second-order valence-corrected chi connectivity index (χ2v) is 8.68. The van der Waals surface area contributed by atoms with Gasteiger partial charge in [0.05, 0.1) is 5.69 Å². The summed E-state index contributed by atoms with van der Waals surface area (Å²) in [5.41, 5.74) is 2.60. The predicted octanol–water partition coefficient (Wildman–Crippen LogP) is 3.61. The molecule has 0 aliphatic carbocycles. The van der Waals surface area contributed by atoms with Gasteiger partial charge in [-0.05, 0) is 25.0 Å². The Labute approximate surface area is 165 Å². The van der Waals surface area contributed by atoms with E-state index < -0.39 is 5.97 Å². The first kappa shape index (κ1) is 18.9. The lowest BCUT2D eigenvalue weighted by Crippen LogP contribution is -2.40. The molecule has 28 heavy (non-hydrogen) atoms. The second kappa shape index (κ2) is 7.17. The summed E-state index contributed by atoms with van der Waals surface area (Å²) >= 11 is 0. The van der Waals surface area contributed by atoms with E-state index in [1.807, 2.05) is 6.20 Å². The molecule has 2 aliphatic rings. The number of benzene rings is 1. The number of aromatic nitrogens is 2. The Balaban J connectivity index is 1.46. The number of ether oxygens (including phenoxy) is 1. The molecule has 2 unspecified atom stereocenters. The van der Waals surface area contributed by atoms with E-state index in [1.54, 1.807) is 24.3 Å². The summed E-state index contributed by atoms with van der Waals surface area (Å²) in [6.07, 6.45) is 5.23. The van der Waals surface area contributed by atoms with Gasteiger partial charge in [0.15, 0.2) is 0 Å². The number of para-hydroxylation sites is 1. The molecular weight excluding hydrogens is 354 g/mol. The van der Waals surface area contributed by atoms with E-state index in [0.29, 0.717) is 24.4 Å². The first-order valence-electron chi connectivity index (χ1n) is 9.92. The summed E-state index contributed by atoms with van der Waals surface area (Å²) in [5, 5.41) is 9.29. The molecule has 1 fully saturated rings. The molecular formula is C22H27N3O3. The van der Waals surface area contributed by atoms with Crippen molar-refractivity contribution < 1.29 is 14.6 Å². The van der Waals surface area contributed by atoms with Crippen LogP contribution in [0.3, 0.4) is 0 Å². The van der Waals surface area contributed by atoms with Crippen molar-refractivity contribution in [3.8, 4) is 5.75 Å². The minimum Gasteiger partial charge on any atom is -0.491 e. The average Bonchev–Trinajstić information content (AvgIpc) is 2.93. The van der Waals surface area contributed by atoms with Crippen molar-refractivity contribution in [2.45, 2.75) is 57.5 Å². The summed E-state index contributed by atoms with van der Waals surface area (Å²) in [7, 11) is 0. The maximum atomic E-state index is 11.3. The van der Waals surface area contributed by atoms with Gasteiger partial charge >= 0.3 is 5.97 Å². The van der Waals surface area contributed by atoms with Crippen LogP contribution in [-0.4, -0.2) is 45.1 Å². The molecule has 0 spiro atoms. The minimum absolute atomic E-state index is 0.0451. The quantitative estimate of drug-likeness (QED) is 0.853. The van der Waals surface area contributed by atoms with E-state index >= 15 is 0 Å². The molecule has 0 radical (unpaired) electrons. The number of hydrogen-bond donors (Lipinski definition) is 1. The number of carboxylic acids is 1. The van der Waals surface area contributed by atoms with Gasteiger partial charge in [-0.3, -0.25) is 4.90 Å². The highest BCUT2D eigenvalue weighted by Crippen LogP contribution is 2.43. The molecule has 2 aromatic rings. The first-order valence-corrected chi connectivity index (χ1v) is 9.92. The van der Waals surface area contributed by atoms with Crippen LogP contribution in [0, 0.1) is 0 Å². The predicted molar refractivity (Wildman–Crippen MR) is 106 cm³/mol. The molecule has 3 heterocycles. The average molecular weight is 381 g/mol. The zero-order chi connectivity index (χ0) is 19.9. The third-order valence-corrected chi connectivity index (χ3v) is 5.73. The van der Waals surface area contributed by atoms with E-state index in [4.69, 9.17) is 9.72 Å². The van der Waals surface area contributed by atoms with Crippen molar-refractivity contribution in [3.63, 3.8) is 0 Å². The van der Waals surface area contributed by atoms with E-state index in [2.05, 4.69) is 30.7 Å². The van der Waals surface area contributed by atoms with Crippen LogP contribution in [0.5, 0.6) is 5.75 Å². The number of carbonyl (C=O) groups is 1. The van der Waals surface area contributed by atoms with Crippen molar-refractivity contribution in [3.05, 3.63) is 53.1 Å². The summed E-state index contributed by atoms with van der Waals surface area (Å²) in [5.74, 6) is 0.375. The second-order valence-electron chi connectivity index (χ2n) is 8.68. The Kier molecular flexibility index (Phi) is 4.83. The van der Waals surface area contributed by atoms with E-state index in [1.165, 1.54) is 11.3 Å². The molecule has 0 saturated carbocycles. The highest BCUT2D eigenvalue weighted by atomic mass is 16.5. The number of hydrogen-bond acceptors (Lipinski definition) is 5. The van der Waals surface area contributed by atoms with Crippen molar-refractivity contribution in [1.29, 1.82) is 0 Å². The largest absolute Gasteiger partial charge is 0.491 e. The number of carboxylic acid groups (broad SMARTS) is 1. The Morgan fingerprint density at radius 3 is 2.82 bits per heavy atom. The van der Waals surface area contributed by atoms with Crippen LogP contribution >= 0.6 is 0 Å². The summed E-state index contributed by atoms with van der Waals surface area (Å²) in [6.45, 7) is 7.66. The fourth-order valence-electron chi connectivity index (χ4n) is 4.31. The zero-order valence-electron chi connectivity index (χ0n) is 16.7. The molecule has 1 aromatic carbocycles. The van der Waals surface area contributed by atoms with Crippen LogP contribution in [0.25, 0.3) is 0 Å². The normalized spacial score (nSPS) is 21.4. The fourth-order valence-corrected chi connectivity index (χ4v) is 4.31. The molecule has 1 saturated heterocycles. The number of nitrogens with zero attached hydrogens (tertiary/aromatic N) is 3. The maximum Gasteiger partial charge on any atom is 0.339 e. The van der Waals surface area contributed by atoms with Gasteiger partial charge in [-0.15, -0.1) is 0 Å². The number of rotatable bonds is 5. The SMILES string of the molecule is CC(C)(C)c1ncc2c(n1)CC1CCC2N1CCOc1ccccc1C(=O)O. The van der Waals surface area contributed by atoms with Crippen LogP contribution in [0.15, 0.2) is 30.5 Å². The molecule has 2 aliphatic heterocycles. The van der Waals surface area contributed by atoms with Crippen molar-refractivity contribution in [2.75, 3.05) is 13.2 Å². The molecule has 0 amide bonds. The Hall–Kier alpha value is -2.47. The van der Waals surface area contributed by atoms with Gasteiger partial charge in [-0.25, -0.2) is 14.8 Å². The van der Waals surface area contributed by atoms with Crippen molar-refractivity contribution >= 4 is 5.97 Å². The van der Waals surface area contributed by atoms with Gasteiger partial charge in [-0.1, -0.05) is 32.9 Å². The molecule has 6 heteroatoms. The van der Waals surface area contributed by atoms with Crippen LogP contribution in [0.1, 0.15) is 67.1 Å². The lowest BCUT2D eigenvalue weighted by Gasteiger charge is -2.36. The topological polar surface area (TPSA) is 75.5 Å². The highest BCUT2D eigenvalue weighted by molar-refractivity contribution is 5.90. The Bertz CT molecular complexity index is 891. The minimum atomic E-state index is -0.964. The summed E-state index contributed by atoms with van der Waals surface area (Å²) < 4.78 is 5.82. The van der Waals surface area contributed by atoms with Crippen LogP contribution < -0.4 is 4.74 Å². The zero-order valence-corrected chi connectivity index (χ0v) is 16.7. The summed E-state index contributed by atoms with van der Waals surface area (Å²) in [4.78, 5) is 23.3. The Morgan fingerprint density at radius 2 is 2.07 bits per heavy atom. The molecule has 148 valence electrons. The third kappa shape index (κ3) is 3.49. The molecule has 4 rings (SSSR count). The van der Waals surface area contributed by atoms with Gasteiger partial charge in [0.25, 0.3) is 0 Å². The van der Waals surface area contributed by atoms with E-state index in [9.17, 15) is 9.90 Å². The monoisotopic (exact) mass is 381 g/mol. The van der Waals surface area contributed by atoms with Crippen molar-refractivity contribution in [1.82, 2.24) is 14.9 Å². The van der Waals surface area contributed by atoms with Gasteiger partial charge < -0.3 is 9.84 Å².